The number of nitrogens with zero attached hydrogens (tertiary/aromatic N) is 1. The van der Waals surface area contributed by atoms with Gasteiger partial charge in [-0.1, -0.05) is 12.8 Å². The van der Waals surface area contributed by atoms with Crippen molar-refractivity contribution in [3.05, 3.63) is 0 Å². The first-order chi connectivity index (χ1) is 9.77. The third kappa shape index (κ3) is 7.49. The first-order valence-electron chi connectivity index (χ1n) is 8.46. The quantitative estimate of drug-likeness (QED) is 0.721. The summed E-state index contributed by atoms with van der Waals surface area (Å²) in [5, 5.41) is 6.49. The number of halogens is 2. The van der Waals surface area contributed by atoms with Crippen LogP contribution in [0.2, 0.25) is 0 Å². The number of hydrogen-bond acceptors (Lipinski definition) is 3. The molecule has 1 saturated heterocycles. The molecule has 1 saturated carbocycles. The molecule has 2 rings (SSSR count). The monoisotopic (exact) mass is 353 g/mol. The highest BCUT2D eigenvalue weighted by Crippen LogP contribution is 2.22. The zero-order valence-corrected chi connectivity index (χ0v) is 15.4. The van der Waals surface area contributed by atoms with Gasteiger partial charge in [-0.2, -0.15) is 0 Å². The zero-order chi connectivity index (χ0) is 14.2. The highest BCUT2D eigenvalue weighted by atomic mass is 35.5. The number of amides is 1. The molecule has 1 heterocycles. The van der Waals surface area contributed by atoms with Crippen molar-refractivity contribution in [2.75, 3.05) is 33.2 Å². The Kier molecular flexibility index (Phi) is 12.4. The second kappa shape index (κ2) is 12.4. The van der Waals surface area contributed by atoms with E-state index in [9.17, 15) is 4.79 Å². The fourth-order valence-electron chi connectivity index (χ4n) is 3.49. The molecule has 0 aromatic rings. The maximum atomic E-state index is 12.1. The Morgan fingerprint density at radius 1 is 1.09 bits per heavy atom. The van der Waals surface area contributed by atoms with Crippen LogP contribution in [0.1, 0.15) is 51.4 Å². The average molecular weight is 354 g/mol. The summed E-state index contributed by atoms with van der Waals surface area (Å²) in [7, 11) is 2.23. The van der Waals surface area contributed by atoms with Crippen molar-refractivity contribution in [1.29, 1.82) is 0 Å². The highest BCUT2D eigenvalue weighted by molar-refractivity contribution is 5.85. The van der Waals surface area contributed by atoms with Gasteiger partial charge < -0.3 is 15.5 Å². The predicted molar refractivity (Wildman–Crippen MR) is 97.2 cm³/mol. The minimum Gasteiger partial charge on any atom is -0.356 e. The van der Waals surface area contributed by atoms with Gasteiger partial charge >= 0.3 is 0 Å². The second-order valence-electron chi connectivity index (χ2n) is 6.44. The summed E-state index contributed by atoms with van der Waals surface area (Å²) in [6.07, 6.45) is 9.74. The van der Waals surface area contributed by atoms with Gasteiger partial charge in [0, 0.05) is 18.5 Å². The van der Waals surface area contributed by atoms with E-state index in [4.69, 9.17) is 0 Å². The molecule has 1 amide bonds. The molecule has 1 aliphatic heterocycles. The molecule has 1 atom stereocenters. The zero-order valence-electron chi connectivity index (χ0n) is 13.8. The summed E-state index contributed by atoms with van der Waals surface area (Å²) in [6.45, 7) is 4.00. The van der Waals surface area contributed by atoms with Gasteiger partial charge in [0.25, 0.3) is 0 Å². The van der Waals surface area contributed by atoms with Crippen molar-refractivity contribution < 1.29 is 4.79 Å². The molecule has 6 heteroatoms. The third-order valence-corrected chi connectivity index (χ3v) is 4.88. The summed E-state index contributed by atoms with van der Waals surface area (Å²) < 4.78 is 0. The molecule has 0 bridgehead atoms. The maximum absolute atomic E-state index is 12.1. The molecule has 1 unspecified atom stereocenters. The van der Waals surface area contributed by atoms with Gasteiger partial charge in [-0.3, -0.25) is 4.79 Å². The van der Waals surface area contributed by atoms with Gasteiger partial charge in [0.1, 0.15) is 0 Å². The number of rotatable bonds is 6. The fourth-order valence-corrected chi connectivity index (χ4v) is 3.49. The smallest absolute Gasteiger partial charge is 0.223 e. The van der Waals surface area contributed by atoms with E-state index < -0.39 is 0 Å². The molecule has 4 nitrogen and oxygen atoms in total. The topological polar surface area (TPSA) is 44.4 Å². The third-order valence-electron chi connectivity index (χ3n) is 4.88. The minimum atomic E-state index is 0. The lowest BCUT2D eigenvalue weighted by Crippen LogP contribution is -2.35. The molecule has 0 spiro atoms. The first kappa shape index (κ1) is 22.0. The maximum Gasteiger partial charge on any atom is 0.223 e. The van der Waals surface area contributed by atoms with Crippen LogP contribution in [0.5, 0.6) is 0 Å². The van der Waals surface area contributed by atoms with Gasteiger partial charge in [-0.05, 0) is 65.2 Å². The molecule has 2 aliphatic rings. The largest absolute Gasteiger partial charge is 0.356 e. The van der Waals surface area contributed by atoms with Crippen LogP contribution in [0.4, 0.5) is 0 Å². The normalized spacial score (nSPS) is 22.5. The Bertz CT molecular complexity index is 291. The van der Waals surface area contributed by atoms with Crippen molar-refractivity contribution in [3.63, 3.8) is 0 Å². The van der Waals surface area contributed by atoms with E-state index in [2.05, 4.69) is 22.6 Å². The standard InChI is InChI=1S/C16H31N3O.2ClH/c1-19(15-7-2-3-8-15)13-5-11-18-16(20)14-6-4-10-17-12-9-14;;/h14-15,17H,2-13H2,1H3,(H,18,20);2*1H. The fraction of sp³-hybridized carbons (Fsp3) is 0.938. The molecule has 2 fully saturated rings. The Labute approximate surface area is 148 Å². The molecule has 2 N–H and O–H groups in total. The molecular formula is C16H33Cl2N3O. The van der Waals surface area contributed by atoms with Crippen LogP contribution < -0.4 is 10.6 Å². The SMILES string of the molecule is CN(CCCNC(=O)C1CCCNCC1)C1CCCC1.Cl.Cl. The van der Waals surface area contributed by atoms with Crippen LogP contribution >= 0.6 is 24.8 Å². The van der Waals surface area contributed by atoms with Crippen molar-refractivity contribution in [2.24, 2.45) is 5.92 Å². The molecule has 22 heavy (non-hydrogen) atoms. The Balaban J connectivity index is 0.00000220. The van der Waals surface area contributed by atoms with Crippen LogP contribution in [-0.2, 0) is 4.79 Å². The summed E-state index contributed by atoms with van der Waals surface area (Å²) >= 11 is 0. The lowest BCUT2D eigenvalue weighted by atomic mass is 10.00. The van der Waals surface area contributed by atoms with Gasteiger partial charge in [0.15, 0.2) is 0 Å². The number of carbonyl (C=O) groups is 1. The molecule has 132 valence electrons. The van der Waals surface area contributed by atoms with E-state index in [0.717, 1.165) is 57.9 Å². The Morgan fingerprint density at radius 3 is 2.55 bits per heavy atom. The lowest BCUT2D eigenvalue weighted by molar-refractivity contribution is -0.125. The summed E-state index contributed by atoms with van der Waals surface area (Å²) in [5.74, 6) is 0.509. The Morgan fingerprint density at radius 2 is 1.82 bits per heavy atom. The summed E-state index contributed by atoms with van der Waals surface area (Å²) in [5.41, 5.74) is 0. The molecule has 0 radical (unpaired) electrons. The van der Waals surface area contributed by atoms with E-state index in [1.165, 1.54) is 25.7 Å². The van der Waals surface area contributed by atoms with Crippen molar-refractivity contribution >= 4 is 30.7 Å². The van der Waals surface area contributed by atoms with E-state index >= 15 is 0 Å². The number of hydrogen-bond donors (Lipinski definition) is 2. The van der Waals surface area contributed by atoms with Crippen LogP contribution in [-0.4, -0.2) is 50.1 Å². The highest BCUT2D eigenvalue weighted by Gasteiger charge is 2.20. The molecule has 1 aliphatic carbocycles. The first-order valence-corrected chi connectivity index (χ1v) is 8.46. The summed E-state index contributed by atoms with van der Waals surface area (Å²) in [6, 6.07) is 0.790. The van der Waals surface area contributed by atoms with E-state index in [0.29, 0.717) is 0 Å². The van der Waals surface area contributed by atoms with Crippen LogP contribution in [0.3, 0.4) is 0 Å². The van der Waals surface area contributed by atoms with Gasteiger partial charge in [0.2, 0.25) is 5.91 Å². The number of carbonyl (C=O) groups excluding carboxylic acids is 1. The predicted octanol–water partition coefficient (Wildman–Crippen LogP) is 2.60. The molecular weight excluding hydrogens is 321 g/mol. The Hall–Kier alpha value is -0.0300. The van der Waals surface area contributed by atoms with E-state index in [1.807, 2.05) is 0 Å². The van der Waals surface area contributed by atoms with Gasteiger partial charge in [-0.15, -0.1) is 24.8 Å². The van der Waals surface area contributed by atoms with Crippen LogP contribution in [0.25, 0.3) is 0 Å². The minimum absolute atomic E-state index is 0. The molecule has 0 aromatic carbocycles. The summed E-state index contributed by atoms with van der Waals surface area (Å²) in [4.78, 5) is 14.6. The lowest BCUT2D eigenvalue weighted by Gasteiger charge is -2.24. The van der Waals surface area contributed by atoms with Gasteiger partial charge in [-0.25, -0.2) is 0 Å². The van der Waals surface area contributed by atoms with E-state index in [-0.39, 0.29) is 36.6 Å². The van der Waals surface area contributed by atoms with E-state index in [1.54, 1.807) is 0 Å². The van der Waals surface area contributed by atoms with Crippen molar-refractivity contribution in [3.8, 4) is 0 Å². The molecule has 0 aromatic heterocycles. The number of nitrogens with one attached hydrogen (secondary N) is 2. The average Bonchev–Trinajstić information content (AvgIpc) is 2.85. The van der Waals surface area contributed by atoms with Crippen molar-refractivity contribution in [1.82, 2.24) is 15.5 Å². The van der Waals surface area contributed by atoms with Gasteiger partial charge in [0.05, 0.1) is 0 Å². The second-order valence-corrected chi connectivity index (χ2v) is 6.44. The van der Waals surface area contributed by atoms with Crippen LogP contribution in [0.15, 0.2) is 0 Å². The van der Waals surface area contributed by atoms with Crippen LogP contribution in [0, 0.1) is 5.92 Å². The van der Waals surface area contributed by atoms with Crippen molar-refractivity contribution in [2.45, 2.75) is 57.4 Å².